The van der Waals surface area contributed by atoms with Crippen LogP contribution in [0.2, 0.25) is 0 Å². The number of esters is 1. The number of nitrogens with zero attached hydrogens (tertiary/aromatic N) is 1. The molecule has 0 spiro atoms. The van der Waals surface area contributed by atoms with Crippen molar-refractivity contribution >= 4 is 17.7 Å². The van der Waals surface area contributed by atoms with Gasteiger partial charge < -0.3 is 19.7 Å². The lowest BCUT2D eigenvalue weighted by atomic mass is 9.91. The Morgan fingerprint density at radius 3 is 2.80 bits per heavy atom. The van der Waals surface area contributed by atoms with Crippen LogP contribution in [0, 0.1) is 11.3 Å². The van der Waals surface area contributed by atoms with Crippen LogP contribution >= 0.6 is 0 Å². The summed E-state index contributed by atoms with van der Waals surface area (Å²) in [4.78, 5) is 41.1. The molecule has 7 heteroatoms. The zero-order valence-corrected chi connectivity index (χ0v) is 18.5. The molecule has 1 saturated heterocycles. The molecule has 1 amide bonds. The van der Waals surface area contributed by atoms with Crippen molar-refractivity contribution in [3.05, 3.63) is 12.2 Å². The number of hydrogen-bond acceptors (Lipinski definition) is 6. The maximum atomic E-state index is 13.4. The fourth-order valence-electron chi connectivity index (χ4n) is 4.96. The Morgan fingerprint density at radius 1 is 1.30 bits per heavy atom. The third-order valence-corrected chi connectivity index (χ3v) is 6.93. The quantitative estimate of drug-likeness (QED) is 0.555. The van der Waals surface area contributed by atoms with Gasteiger partial charge in [0, 0.05) is 26.5 Å². The maximum Gasteiger partial charge on any atom is 0.313 e. The van der Waals surface area contributed by atoms with Gasteiger partial charge in [-0.05, 0) is 45.6 Å². The zero-order chi connectivity index (χ0) is 21.7. The SMILES string of the molecule is CCOC(=O)[C@]12CC(=O)[C@@H]3CC(OC)CN3C(=O)[C@@H](NC)CCCCC/C=C\[C@@H]1C2. The van der Waals surface area contributed by atoms with Crippen LogP contribution in [0.15, 0.2) is 12.2 Å². The molecule has 1 aliphatic carbocycles. The Labute approximate surface area is 179 Å². The number of rotatable bonds is 4. The monoisotopic (exact) mass is 420 g/mol. The van der Waals surface area contributed by atoms with Crippen molar-refractivity contribution in [3.8, 4) is 0 Å². The van der Waals surface area contributed by atoms with Crippen LogP contribution in [0.5, 0.6) is 0 Å². The third-order valence-electron chi connectivity index (χ3n) is 6.93. The Hall–Kier alpha value is -1.73. The Kier molecular flexibility index (Phi) is 7.69. The third kappa shape index (κ3) is 4.78. The smallest absolute Gasteiger partial charge is 0.313 e. The summed E-state index contributed by atoms with van der Waals surface area (Å²) < 4.78 is 10.8. The first kappa shape index (κ1) is 22.9. The number of allylic oxidation sites excluding steroid dienone is 2. The van der Waals surface area contributed by atoms with Gasteiger partial charge in [0.25, 0.3) is 0 Å². The molecule has 1 unspecified atom stereocenters. The van der Waals surface area contributed by atoms with Crippen molar-refractivity contribution in [1.82, 2.24) is 10.2 Å². The molecule has 2 aliphatic heterocycles. The number of methoxy groups -OCH3 is 1. The molecule has 3 rings (SSSR count). The standard InChI is InChI=1S/C23H36N2O5/c1-4-30-22(28)23-13-16(23)10-8-6-5-7-9-11-18(24-2)21(27)25-15-17(29-3)12-19(25)20(26)14-23/h8,10,16-19,24H,4-7,9,11-15H2,1-3H3/b10-8-/t16-,17?,18+,19+,23-/m1/s1. The molecule has 0 radical (unpaired) electrons. The van der Waals surface area contributed by atoms with Gasteiger partial charge in [-0.2, -0.15) is 0 Å². The fourth-order valence-corrected chi connectivity index (χ4v) is 4.96. The van der Waals surface area contributed by atoms with Crippen molar-refractivity contribution in [2.75, 3.05) is 27.3 Å². The van der Waals surface area contributed by atoms with Crippen molar-refractivity contribution in [1.29, 1.82) is 0 Å². The summed E-state index contributed by atoms with van der Waals surface area (Å²) in [6.07, 6.45) is 10.1. The van der Waals surface area contributed by atoms with Crippen LogP contribution in [0.4, 0.5) is 0 Å². The predicted octanol–water partition coefficient (Wildman–Crippen LogP) is 2.24. The minimum atomic E-state index is -0.772. The second-order valence-corrected chi connectivity index (χ2v) is 8.84. The van der Waals surface area contributed by atoms with E-state index in [9.17, 15) is 14.4 Å². The summed E-state index contributed by atoms with van der Waals surface area (Å²) in [5.41, 5.74) is -0.772. The predicted molar refractivity (Wildman–Crippen MR) is 113 cm³/mol. The normalized spacial score (nSPS) is 36.3. The molecule has 2 fully saturated rings. The average Bonchev–Trinajstić information content (AvgIpc) is 3.25. The minimum Gasteiger partial charge on any atom is -0.466 e. The molecule has 0 bridgehead atoms. The molecule has 0 aromatic carbocycles. The number of likely N-dealkylation sites (N-methyl/N-ethyl adjacent to an activating group) is 1. The molecule has 5 atom stereocenters. The Bertz CT molecular complexity index is 679. The van der Waals surface area contributed by atoms with E-state index in [0.29, 0.717) is 26.0 Å². The number of carbonyl (C=O) groups excluding carboxylic acids is 3. The Balaban J connectivity index is 1.86. The van der Waals surface area contributed by atoms with E-state index in [4.69, 9.17) is 9.47 Å². The molecule has 1 saturated carbocycles. The highest BCUT2D eigenvalue weighted by Crippen LogP contribution is 2.57. The number of carbonyl (C=O) groups is 3. The van der Waals surface area contributed by atoms with Gasteiger partial charge in [-0.1, -0.05) is 25.0 Å². The second kappa shape index (κ2) is 10.1. The van der Waals surface area contributed by atoms with Crippen LogP contribution in [0.1, 0.15) is 58.3 Å². The number of nitrogens with one attached hydrogen (secondary N) is 1. The molecule has 30 heavy (non-hydrogen) atoms. The van der Waals surface area contributed by atoms with E-state index in [0.717, 1.165) is 32.1 Å². The van der Waals surface area contributed by atoms with E-state index in [1.807, 2.05) is 0 Å². The summed E-state index contributed by atoms with van der Waals surface area (Å²) in [5, 5.41) is 3.13. The van der Waals surface area contributed by atoms with E-state index >= 15 is 0 Å². The maximum absolute atomic E-state index is 13.4. The van der Waals surface area contributed by atoms with E-state index < -0.39 is 11.5 Å². The molecule has 1 N–H and O–H groups in total. The topological polar surface area (TPSA) is 84.9 Å². The molecular weight excluding hydrogens is 384 g/mol. The molecule has 0 aromatic rings. The van der Waals surface area contributed by atoms with E-state index in [1.54, 1.807) is 26.0 Å². The molecular formula is C23H36N2O5. The van der Waals surface area contributed by atoms with Gasteiger partial charge in [0.2, 0.25) is 5.91 Å². The average molecular weight is 421 g/mol. The number of ketones is 1. The molecule has 3 aliphatic rings. The number of fused-ring (bicyclic) bond motifs is 2. The summed E-state index contributed by atoms with van der Waals surface area (Å²) in [5.74, 6) is -0.346. The highest BCUT2D eigenvalue weighted by atomic mass is 16.5. The zero-order valence-electron chi connectivity index (χ0n) is 18.5. The van der Waals surface area contributed by atoms with Gasteiger partial charge in [0.05, 0.1) is 30.2 Å². The second-order valence-electron chi connectivity index (χ2n) is 8.84. The fraction of sp³-hybridized carbons (Fsp3) is 0.783. The lowest BCUT2D eigenvalue weighted by molar-refractivity contribution is -0.152. The van der Waals surface area contributed by atoms with E-state index in [2.05, 4.69) is 17.5 Å². The van der Waals surface area contributed by atoms with Gasteiger partial charge in [-0.3, -0.25) is 14.4 Å². The summed E-state index contributed by atoms with van der Waals surface area (Å²) in [7, 11) is 3.41. The highest BCUT2D eigenvalue weighted by molar-refractivity contribution is 5.95. The van der Waals surface area contributed by atoms with Crippen LogP contribution < -0.4 is 5.32 Å². The summed E-state index contributed by atoms with van der Waals surface area (Å²) >= 11 is 0. The van der Waals surface area contributed by atoms with Gasteiger partial charge in [0.1, 0.15) is 0 Å². The number of hydrogen-bond donors (Lipinski definition) is 1. The van der Waals surface area contributed by atoms with Crippen molar-refractivity contribution in [3.63, 3.8) is 0 Å². The Morgan fingerprint density at radius 2 is 2.10 bits per heavy atom. The van der Waals surface area contributed by atoms with Crippen LogP contribution in [0.3, 0.4) is 0 Å². The van der Waals surface area contributed by atoms with Gasteiger partial charge in [-0.15, -0.1) is 0 Å². The summed E-state index contributed by atoms with van der Waals surface area (Å²) in [6.45, 7) is 2.50. The number of amides is 1. The van der Waals surface area contributed by atoms with Gasteiger partial charge in [0.15, 0.2) is 5.78 Å². The highest BCUT2D eigenvalue weighted by Gasteiger charge is 2.61. The van der Waals surface area contributed by atoms with E-state index in [1.165, 1.54) is 0 Å². The van der Waals surface area contributed by atoms with Crippen molar-refractivity contribution in [2.24, 2.45) is 11.3 Å². The first-order chi connectivity index (χ1) is 14.5. The molecule has 168 valence electrons. The summed E-state index contributed by atoms with van der Waals surface area (Å²) in [6, 6.07) is -0.843. The number of ether oxygens (including phenoxy) is 2. The van der Waals surface area contributed by atoms with Crippen molar-refractivity contribution < 1.29 is 23.9 Å². The molecule has 2 heterocycles. The molecule has 7 nitrogen and oxygen atoms in total. The lowest BCUT2D eigenvalue weighted by Gasteiger charge is -2.28. The number of Topliss-reactive ketones (excluding diaryl/α,β-unsaturated/α-hetero) is 1. The van der Waals surface area contributed by atoms with E-state index in [-0.39, 0.29) is 42.1 Å². The van der Waals surface area contributed by atoms with Gasteiger partial charge >= 0.3 is 5.97 Å². The lowest BCUT2D eigenvalue weighted by Crippen LogP contribution is -2.50. The van der Waals surface area contributed by atoms with Crippen LogP contribution in [-0.2, 0) is 23.9 Å². The first-order valence-electron chi connectivity index (χ1n) is 11.3. The largest absolute Gasteiger partial charge is 0.466 e. The van der Waals surface area contributed by atoms with Crippen LogP contribution in [0.25, 0.3) is 0 Å². The van der Waals surface area contributed by atoms with Crippen molar-refractivity contribution in [2.45, 2.75) is 76.5 Å². The van der Waals surface area contributed by atoms with Crippen LogP contribution in [-0.4, -0.2) is 68.1 Å². The minimum absolute atomic E-state index is 0.0408. The van der Waals surface area contributed by atoms with Gasteiger partial charge in [-0.25, -0.2) is 0 Å². The first-order valence-corrected chi connectivity index (χ1v) is 11.3. The molecule has 0 aromatic heterocycles.